The van der Waals surface area contributed by atoms with E-state index in [1.165, 1.54) is 7.11 Å². The average molecular weight is 205 g/mol. The van der Waals surface area contributed by atoms with Crippen LogP contribution >= 0.6 is 0 Å². The van der Waals surface area contributed by atoms with E-state index in [4.69, 9.17) is 15.2 Å². The maximum absolute atomic E-state index is 10.8. The molecule has 0 aliphatic carbocycles. The van der Waals surface area contributed by atoms with Gasteiger partial charge in [0.1, 0.15) is 6.04 Å². The normalized spacial score (nSPS) is 12.5. The molecule has 0 spiro atoms. The molecule has 0 amide bonds. The molecular formula is C9H19NO4. The van der Waals surface area contributed by atoms with Gasteiger partial charge in [0.05, 0.1) is 26.9 Å². The predicted molar refractivity (Wildman–Crippen MR) is 51.9 cm³/mol. The van der Waals surface area contributed by atoms with Gasteiger partial charge in [0.15, 0.2) is 0 Å². The van der Waals surface area contributed by atoms with Gasteiger partial charge in [-0.1, -0.05) is 6.92 Å². The van der Waals surface area contributed by atoms with Gasteiger partial charge in [0.2, 0.25) is 0 Å². The summed E-state index contributed by atoms with van der Waals surface area (Å²) in [6, 6.07) is -0.703. The van der Waals surface area contributed by atoms with Crippen molar-refractivity contribution < 1.29 is 19.0 Å². The smallest absolute Gasteiger partial charge is 0.325 e. The Morgan fingerprint density at radius 2 is 1.93 bits per heavy atom. The van der Waals surface area contributed by atoms with Crippen LogP contribution in [0.25, 0.3) is 0 Å². The summed E-state index contributed by atoms with van der Waals surface area (Å²) in [6.45, 7) is 3.91. The number of carbonyl (C=O) groups excluding carboxylic acids is 1. The van der Waals surface area contributed by atoms with Gasteiger partial charge in [0.25, 0.3) is 0 Å². The maximum Gasteiger partial charge on any atom is 0.325 e. The Kier molecular flexibility index (Phi) is 8.51. The highest BCUT2D eigenvalue weighted by atomic mass is 16.5. The van der Waals surface area contributed by atoms with Crippen molar-refractivity contribution in [2.45, 2.75) is 19.4 Å². The van der Waals surface area contributed by atoms with E-state index in [1.54, 1.807) is 0 Å². The second-order valence-electron chi connectivity index (χ2n) is 2.82. The minimum absolute atomic E-state index is 0.169. The zero-order chi connectivity index (χ0) is 10.8. The maximum atomic E-state index is 10.8. The fourth-order valence-corrected chi connectivity index (χ4v) is 0.794. The molecule has 14 heavy (non-hydrogen) atoms. The number of rotatable bonds is 8. The molecule has 0 heterocycles. The van der Waals surface area contributed by atoms with Gasteiger partial charge < -0.3 is 19.9 Å². The molecule has 5 heteroatoms. The Balaban J connectivity index is 3.23. The standard InChI is InChI=1S/C9H19NO4/c1-3-4-13-5-6-14-7-8(10)9(11)12-2/h8H,3-7,10H2,1-2H3. The summed E-state index contributed by atoms with van der Waals surface area (Å²) in [7, 11) is 1.30. The third-order valence-electron chi connectivity index (χ3n) is 1.52. The van der Waals surface area contributed by atoms with Gasteiger partial charge in [-0.05, 0) is 6.42 Å². The van der Waals surface area contributed by atoms with Crippen molar-refractivity contribution >= 4 is 5.97 Å². The molecule has 0 aliphatic heterocycles. The first-order valence-electron chi connectivity index (χ1n) is 4.71. The van der Waals surface area contributed by atoms with Gasteiger partial charge in [-0.2, -0.15) is 0 Å². The van der Waals surface area contributed by atoms with Crippen molar-refractivity contribution in [1.82, 2.24) is 0 Å². The highest BCUT2D eigenvalue weighted by Gasteiger charge is 2.12. The predicted octanol–water partition coefficient (Wildman–Crippen LogP) is -0.0701. The molecule has 5 nitrogen and oxygen atoms in total. The number of methoxy groups -OCH3 is 1. The van der Waals surface area contributed by atoms with Crippen molar-refractivity contribution in [1.29, 1.82) is 0 Å². The van der Waals surface area contributed by atoms with Crippen LogP contribution in [0.3, 0.4) is 0 Å². The molecule has 0 bridgehead atoms. The van der Waals surface area contributed by atoms with E-state index in [9.17, 15) is 4.79 Å². The molecule has 0 saturated heterocycles. The fourth-order valence-electron chi connectivity index (χ4n) is 0.794. The molecular weight excluding hydrogens is 186 g/mol. The zero-order valence-electron chi connectivity index (χ0n) is 8.82. The Labute approximate surface area is 84.5 Å². The van der Waals surface area contributed by atoms with Crippen molar-refractivity contribution in [2.75, 3.05) is 33.5 Å². The van der Waals surface area contributed by atoms with Crippen molar-refractivity contribution in [3.8, 4) is 0 Å². The zero-order valence-corrected chi connectivity index (χ0v) is 8.82. The van der Waals surface area contributed by atoms with Gasteiger partial charge in [-0.25, -0.2) is 0 Å². The van der Waals surface area contributed by atoms with E-state index in [-0.39, 0.29) is 6.61 Å². The van der Waals surface area contributed by atoms with E-state index in [1.807, 2.05) is 6.92 Å². The number of hydrogen-bond donors (Lipinski definition) is 1. The summed E-state index contributed by atoms with van der Waals surface area (Å²) < 4.78 is 14.7. The van der Waals surface area contributed by atoms with Crippen LogP contribution in [0.4, 0.5) is 0 Å². The number of ether oxygens (including phenoxy) is 3. The number of hydrogen-bond acceptors (Lipinski definition) is 5. The minimum atomic E-state index is -0.703. The molecule has 84 valence electrons. The summed E-state index contributed by atoms with van der Waals surface area (Å²) >= 11 is 0. The lowest BCUT2D eigenvalue weighted by molar-refractivity contribution is -0.143. The highest BCUT2D eigenvalue weighted by Crippen LogP contribution is 1.87. The van der Waals surface area contributed by atoms with Crippen molar-refractivity contribution in [3.05, 3.63) is 0 Å². The molecule has 0 aliphatic rings. The molecule has 0 aromatic heterocycles. The van der Waals surface area contributed by atoms with E-state index in [0.29, 0.717) is 13.2 Å². The molecule has 0 fully saturated rings. The first-order valence-corrected chi connectivity index (χ1v) is 4.71. The first kappa shape index (κ1) is 13.4. The topological polar surface area (TPSA) is 70.8 Å². The quantitative estimate of drug-likeness (QED) is 0.443. The first-order chi connectivity index (χ1) is 6.72. The van der Waals surface area contributed by atoms with Gasteiger partial charge in [-0.3, -0.25) is 4.79 Å². The molecule has 0 rings (SSSR count). The summed E-state index contributed by atoms with van der Waals surface area (Å²) in [6.07, 6.45) is 0.988. The molecule has 1 unspecified atom stereocenters. The highest BCUT2D eigenvalue weighted by molar-refractivity contribution is 5.75. The van der Waals surface area contributed by atoms with Gasteiger partial charge in [0, 0.05) is 6.61 Å². The van der Waals surface area contributed by atoms with Gasteiger partial charge >= 0.3 is 5.97 Å². The molecule has 1 atom stereocenters. The van der Waals surface area contributed by atoms with E-state index < -0.39 is 12.0 Å². The van der Waals surface area contributed by atoms with E-state index in [2.05, 4.69) is 4.74 Å². The Morgan fingerprint density at radius 1 is 1.29 bits per heavy atom. The second-order valence-corrected chi connectivity index (χ2v) is 2.82. The molecule has 2 N–H and O–H groups in total. The minimum Gasteiger partial charge on any atom is -0.468 e. The number of carbonyl (C=O) groups is 1. The monoisotopic (exact) mass is 205 g/mol. The Morgan fingerprint density at radius 3 is 2.50 bits per heavy atom. The largest absolute Gasteiger partial charge is 0.468 e. The molecule has 0 aromatic carbocycles. The Bertz CT molecular complexity index is 152. The van der Waals surface area contributed by atoms with Crippen molar-refractivity contribution in [2.24, 2.45) is 5.73 Å². The fraction of sp³-hybridized carbons (Fsp3) is 0.889. The molecule has 0 radical (unpaired) electrons. The van der Waals surface area contributed by atoms with Crippen LogP contribution < -0.4 is 5.73 Å². The summed E-state index contributed by atoms with van der Waals surface area (Å²) in [5.74, 6) is -0.459. The average Bonchev–Trinajstić information content (AvgIpc) is 2.21. The lowest BCUT2D eigenvalue weighted by atomic mass is 10.3. The molecule has 0 aromatic rings. The summed E-state index contributed by atoms with van der Waals surface area (Å²) in [4.78, 5) is 10.8. The van der Waals surface area contributed by atoms with Crippen LogP contribution in [0.2, 0.25) is 0 Å². The molecule has 0 saturated carbocycles. The van der Waals surface area contributed by atoms with Crippen LogP contribution in [-0.2, 0) is 19.0 Å². The Hall–Kier alpha value is -0.650. The van der Waals surface area contributed by atoms with E-state index >= 15 is 0 Å². The van der Waals surface area contributed by atoms with Gasteiger partial charge in [-0.15, -0.1) is 0 Å². The van der Waals surface area contributed by atoms with Crippen LogP contribution in [0.5, 0.6) is 0 Å². The number of nitrogens with two attached hydrogens (primary N) is 1. The van der Waals surface area contributed by atoms with E-state index in [0.717, 1.165) is 13.0 Å². The lowest BCUT2D eigenvalue weighted by Crippen LogP contribution is -2.36. The summed E-state index contributed by atoms with van der Waals surface area (Å²) in [5, 5.41) is 0. The third kappa shape index (κ3) is 6.82. The third-order valence-corrected chi connectivity index (χ3v) is 1.52. The van der Waals surface area contributed by atoms with Crippen molar-refractivity contribution in [3.63, 3.8) is 0 Å². The van der Waals surface area contributed by atoms with Crippen LogP contribution in [0.15, 0.2) is 0 Å². The second kappa shape index (κ2) is 8.93. The van der Waals surface area contributed by atoms with Crippen LogP contribution in [0, 0.1) is 0 Å². The lowest BCUT2D eigenvalue weighted by Gasteiger charge is -2.09. The SMILES string of the molecule is CCCOCCOCC(N)C(=O)OC. The van der Waals surface area contributed by atoms with Crippen LogP contribution in [-0.4, -0.2) is 45.5 Å². The number of esters is 1. The summed E-state index contributed by atoms with van der Waals surface area (Å²) in [5.41, 5.74) is 5.43. The van der Waals surface area contributed by atoms with Crippen LogP contribution in [0.1, 0.15) is 13.3 Å².